The summed E-state index contributed by atoms with van der Waals surface area (Å²) in [4.78, 5) is 37.6. The van der Waals surface area contributed by atoms with Crippen LogP contribution in [0, 0.1) is 11.8 Å². The molecule has 0 heterocycles. The van der Waals surface area contributed by atoms with E-state index in [-0.39, 0.29) is 31.1 Å². The second-order valence-electron chi connectivity index (χ2n) is 18.1. The van der Waals surface area contributed by atoms with E-state index in [0.717, 1.165) is 76.0 Å². The molecule has 0 radical (unpaired) electrons. The van der Waals surface area contributed by atoms with E-state index in [0.29, 0.717) is 19.3 Å². The molecule has 332 valence electrons. The molecule has 6 heteroatoms. The Balaban J connectivity index is 4.13. The zero-order valence-electron chi connectivity index (χ0n) is 38.3. The largest absolute Gasteiger partial charge is 0.462 e. The Kier molecular flexibility index (Phi) is 41.8. The summed E-state index contributed by atoms with van der Waals surface area (Å²) in [6, 6.07) is 0. The first-order chi connectivity index (χ1) is 27.2. The molecule has 0 unspecified atom stereocenters. The predicted molar refractivity (Wildman–Crippen MR) is 238 cm³/mol. The second-order valence-corrected chi connectivity index (χ2v) is 18.1. The summed E-state index contributed by atoms with van der Waals surface area (Å²) < 4.78 is 16.7. The van der Waals surface area contributed by atoms with Gasteiger partial charge in [-0.2, -0.15) is 0 Å². The zero-order chi connectivity index (χ0) is 41.2. The smallest absolute Gasteiger partial charge is 0.306 e. The molecule has 56 heavy (non-hydrogen) atoms. The van der Waals surface area contributed by atoms with Gasteiger partial charge in [0.2, 0.25) is 0 Å². The summed E-state index contributed by atoms with van der Waals surface area (Å²) in [5, 5.41) is 0. The van der Waals surface area contributed by atoms with Gasteiger partial charge in [-0.25, -0.2) is 0 Å². The van der Waals surface area contributed by atoms with Crippen LogP contribution in [-0.2, 0) is 28.6 Å². The third-order valence-electron chi connectivity index (χ3n) is 11.2. The average Bonchev–Trinajstić information content (AvgIpc) is 3.16. The van der Waals surface area contributed by atoms with Crippen LogP contribution >= 0.6 is 0 Å². The first-order valence-corrected chi connectivity index (χ1v) is 24.7. The van der Waals surface area contributed by atoms with Crippen LogP contribution in [-0.4, -0.2) is 37.2 Å². The van der Waals surface area contributed by atoms with Crippen LogP contribution in [0.2, 0.25) is 0 Å². The predicted octanol–water partition coefficient (Wildman–Crippen LogP) is 15.8. The number of unbranched alkanes of at least 4 members (excludes halogenated alkanes) is 29. The summed E-state index contributed by atoms with van der Waals surface area (Å²) >= 11 is 0. The van der Waals surface area contributed by atoms with Gasteiger partial charge in [-0.15, -0.1) is 0 Å². The average molecular weight is 793 g/mol. The topological polar surface area (TPSA) is 78.9 Å². The molecule has 0 amide bonds. The highest BCUT2D eigenvalue weighted by atomic mass is 16.6. The lowest BCUT2D eigenvalue weighted by atomic mass is 10.0. The van der Waals surface area contributed by atoms with Crippen LogP contribution < -0.4 is 0 Å². The van der Waals surface area contributed by atoms with E-state index in [4.69, 9.17) is 14.2 Å². The molecule has 0 fully saturated rings. The first-order valence-electron chi connectivity index (χ1n) is 24.7. The quantitative estimate of drug-likeness (QED) is 0.0347. The van der Waals surface area contributed by atoms with Crippen molar-refractivity contribution in [3.8, 4) is 0 Å². The van der Waals surface area contributed by atoms with Crippen molar-refractivity contribution in [1.82, 2.24) is 0 Å². The Morgan fingerprint density at radius 3 is 0.875 bits per heavy atom. The highest BCUT2D eigenvalue weighted by Gasteiger charge is 2.19. The fourth-order valence-corrected chi connectivity index (χ4v) is 7.46. The van der Waals surface area contributed by atoms with Crippen molar-refractivity contribution >= 4 is 17.9 Å². The van der Waals surface area contributed by atoms with E-state index in [9.17, 15) is 14.4 Å². The standard InChI is InChI=1S/C50H96O6/c1-6-7-8-28-35-40-48(51)54-43-47(56-50(53)42-37-32-27-23-19-15-11-13-17-21-25-30-34-39-46(4)5)44-55-49(52)41-36-31-26-22-18-14-10-9-12-16-20-24-29-33-38-45(2)3/h45-47H,6-44H2,1-5H3/t47-/m0/s1. The maximum Gasteiger partial charge on any atom is 0.306 e. The van der Waals surface area contributed by atoms with E-state index in [1.54, 1.807) is 0 Å². The van der Waals surface area contributed by atoms with E-state index in [1.165, 1.54) is 154 Å². The van der Waals surface area contributed by atoms with E-state index >= 15 is 0 Å². The molecule has 0 aliphatic carbocycles. The number of hydrogen-bond acceptors (Lipinski definition) is 6. The summed E-state index contributed by atoms with van der Waals surface area (Å²) in [6.45, 7) is 11.3. The van der Waals surface area contributed by atoms with Crippen molar-refractivity contribution in [3.05, 3.63) is 0 Å². The molecule has 1 atom stereocenters. The number of hydrogen-bond donors (Lipinski definition) is 0. The van der Waals surface area contributed by atoms with Gasteiger partial charge in [0.05, 0.1) is 0 Å². The Morgan fingerprint density at radius 1 is 0.339 bits per heavy atom. The van der Waals surface area contributed by atoms with Gasteiger partial charge in [-0.05, 0) is 31.1 Å². The van der Waals surface area contributed by atoms with Crippen molar-refractivity contribution in [3.63, 3.8) is 0 Å². The molecule has 0 N–H and O–H groups in total. The third-order valence-corrected chi connectivity index (χ3v) is 11.2. The summed E-state index contributed by atoms with van der Waals surface area (Å²) in [6.07, 6.45) is 42.6. The van der Waals surface area contributed by atoms with Gasteiger partial charge in [0.1, 0.15) is 13.2 Å². The van der Waals surface area contributed by atoms with Gasteiger partial charge in [0, 0.05) is 19.3 Å². The number of esters is 3. The monoisotopic (exact) mass is 793 g/mol. The van der Waals surface area contributed by atoms with Crippen LogP contribution in [0.3, 0.4) is 0 Å². The summed E-state index contributed by atoms with van der Waals surface area (Å²) in [5.41, 5.74) is 0. The van der Waals surface area contributed by atoms with Crippen molar-refractivity contribution in [2.45, 2.75) is 278 Å². The van der Waals surface area contributed by atoms with Crippen molar-refractivity contribution in [2.75, 3.05) is 13.2 Å². The molecular weight excluding hydrogens is 697 g/mol. The fourth-order valence-electron chi connectivity index (χ4n) is 7.46. The summed E-state index contributed by atoms with van der Waals surface area (Å²) in [5.74, 6) is 0.818. The van der Waals surface area contributed by atoms with Crippen molar-refractivity contribution in [2.24, 2.45) is 11.8 Å². The molecule has 0 rings (SSSR count). The Morgan fingerprint density at radius 2 is 0.589 bits per heavy atom. The molecule has 0 saturated heterocycles. The van der Waals surface area contributed by atoms with Gasteiger partial charge >= 0.3 is 17.9 Å². The molecule has 0 saturated carbocycles. The van der Waals surface area contributed by atoms with Gasteiger partial charge in [-0.1, -0.05) is 234 Å². The van der Waals surface area contributed by atoms with Gasteiger partial charge in [-0.3, -0.25) is 14.4 Å². The van der Waals surface area contributed by atoms with Crippen LogP contribution in [0.4, 0.5) is 0 Å². The number of ether oxygens (including phenoxy) is 3. The maximum absolute atomic E-state index is 12.7. The molecule has 0 aliphatic heterocycles. The lowest BCUT2D eigenvalue weighted by Crippen LogP contribution is -2.30. The van der Waals surface area contributed by atoms with E-state index < -0.39 is 6.10 Å². The van der Waals surface area contributed by atoms with Crippen LogP contribution in [0.1, 0.15) is 272 Å². The van der Waals surface area contributed by atoms with Crippen LogP contribution in [0.25, 0.3) is 0 Å². The fraction of sp³-hybridized carbons (Fsp3) is 0.940. The number of rotatable bonds is 44. The normalized spacial score (nSPS) is 12.1. The SMILES string of the molecule is CCCCCCCC(=O)OC[C@@H](COC(=O)CCCCCCCCCCCCCCCCC(C)C)OC(=O)CCCCCCCCCCCCCCCC(C)C. The number of carbonyl (C=O) groups is 3. The van der Waals surface area contributed by atoms with Gasteiger partial charge in [0.15, 0.2) is 6.10 Å². The third kappa shape index (κ3) is 43.5. The van der Waals surface area contributed by atoms with Gasteiger partial charge < -0.3 is 14.2 Å². The van der Waals surface area contributed by atoms with Crippen molar-refractivity contribution < 1.29 is 28.6 Å². The number of carbonyl (C=O) groups excluding carboxylic acids is 3. The highest BCUT2D eigenvalue weighted by molar-refractivity contribution is 5.71. The highest BCUT2D eigenvalue weighted by Crippen LogP contribution is 2.17. The molecule has 0 spiro atoms. The van der Waals surface area contributed by atoms with Crippen LogP contribution in [0.15, 0.2) is 0 Å². The van der Waals surface area contributed by atoms with E-state index in [2.05, 4.69) is 34.6 Å². The molecular formula is C50H96O6. The Labute approximate surface area is 348 Å². The maximum atomic E-state index is 12.7. The van der Waals surface area contributed by atoms with E-state index in [1.807, 2.05) is 0 Å². The minimum Gasteiger partial charge on any atom is -0.462 e. The van der Waals surface area contributed by atoms with Crippen LogP contribution in [0.5, 0.6) is 0 Å². The van der Waals surface area contributed by atoms with Gasteiger partial charge in [0.25, 0.3) is 0 Å². The second kappa shape index (κ2) is 43.0. The molecule has 0 aliphatic rings. The lowest BCUT2D eigenvalue weighted by Gasteiger charge is -2.18. The Hall–Kier alpha value is -1.59. The van der Waals surface area contributed by atoms with Crippen molar-refractivity contribution in [1.29, 1.82) is 0 Å². The molecule has 0 aromatic carbocycles. The lowest BCUT2D eigenvalue weighted by molar-refractivity contribution is -0.167. The first kappa shape index (κ1) is 54.4. The molecule has 0 bridgehead atoms. The minimum absolute atomic E-state index is 0.0649. The summed E-state index contributed by atoms with van der Waals surface area (Å²) in [7, 11) is 0. The molecule has 6 nitrogen and oxygen atoms in total. The Bertz CT molecular complexity index is 854. The molecule has 0 aromatic rings. The zero-order valence-corrected chi connectivity index (χ0v) is 38.3. The minimum atomic E-state index is -0.759. The molecule has 0 aromatic heterocycles.